The van der Waals surface area contributed by atoms with Gasteiger partial charge in [0.1, 0.15) is 17.2 Å². The van der Waals surface area contributed by atoms with Gasteiger partial charge in [-0.1, -0.05) is 84.9 Å². The Morgan fingerprint density at radius 2 is 1.08 bits per heavy atom. The molecule has 0 saturated carbocycles. The molecular formula is C44H55N21O7. The van der Waals surface area contributed by atoms with Gasteiger partial charge in [0.2, 0.25) is 6.23 Å². The first-order valence-corrected chi connectivity index (χ1v) is 21.4. The molecule has 5 rings (SSSR count). The Kier molecular flexibility index (Phi) is 17.7. The highest BCUT2D eigenvalue weighted by molar-refractivity contribution is 5.98. The highest BCUT2D eigenvalue weighted by atomic mass is 16.5. The number of hydrogen-bond acceptors (Lipinski definition) is 15. The number of nitrogens with two attached hydrogens (primary N) is 5. The van der Waals surface area contributed by atoms with Crippen LogP contribution >= 0.6 is 0 Å². The predicted octanol–water partition coefficient (Wildman–Crippen LogP) is -3.72. The van der Waals surface area contributed by atoms with Gasteiger partial charge < -0.3 is 85.9 Å². The number of nitrogens with zero attached hydrogens (tertiary/aromatic N) is 3. The summed E-state index contributed by atoms with van der Waals surface area (Å²) in [6.07, 6.45) is -9.68. The van der Waals surface area contributed by atoms with Gasteiger partial charge in [0.15, 0.2) is 54.3 Å². The highest BCUT2D eigenvalue weighted by Crippen LogP contribution is 2.31. The number of aliphatic hydroxyl groups is 1. The number of carbonyl (C=O) groups excluding carboxylic acids is 5. The first kappa shape index (κ1) is 53.1. The lowest BCUT2D eigenvalue weighted by Gasteiger charge is -2.38. The summed E-state index contributed by atoms with van der Waals surface area (Å²) >= 11 is 0. The van der Waals surface area contributed by atoms with Gasteiger partial charge in [-0.25, -0.2) is 9.97 Å². The van der Waals surface area contributed by atoms with Crippen molar-refractivity contribution in [2.75, 3.05) is 12.0 Å². The largest absolute Gasteiger partial charge is 0.497 e. The van der Waals surface area contributed by atoms with Gasteiger partial charge in [-0.15, -0.1) is 0 Å². The van der Waals surface area contributed by atoms with Crippen LogP contribution < -0.4 is 86.2 Å². The molecule has 4 aromatic carbocycles. The molecule has 0 aliphatic carbocycles. The van der Waals surface area contributed by atoms with Gasteiger partial charge in [0.05, 0.1) is 12.6 Å². The maximum Gasteiger partial charge on any atom is 0.271 e. The SMILES string of the molecule is COc1ccc(CN(c2nc(-c3ccccc3)nc3ccccc23)C(O)C(=O)NC(C)(NC(NC(=N)N)C(=O)NC(NC(=N)N)C(=O)NC(NC(=N)N)C(=O)NC(NC(=N)N)C(N)=O)c2ccccc2)cc1. The first-order valence-electron chi connectivity index (χ1n) is 21.4. The van der Waals surface area contributed by atoms with Crippen LogP contribution in [0.4, 0.5) is 5.82 Å². The van der Waals surface area contributed by atoms with Crippen LogP contribution in [0.5, 0.6) is 5.75 Å². The molecule has 0 aliphatic rings. The molecule has 72 heavy (non-hydrogen) atoms. The number of methoxy groups -OCH3 is 1. The Balaban J connectivity index is 1.50. The van der Waals surface area contributed by atoms with Crippen molar-refractivity contribution in [3.8, 4) is 17.1 Å². The molecule has 28 nitrogen and oxygen atoms in total. The summed E-state index contributed by atoms with van der Waals surface area (Å²) in [5.41, 5.74) is 27.5. The molecule has 5 aromatic rings. The van der Waals surface area contributed by atoms with Crippen molar-refractivity contribution in [2.24, 2.45) is 28.7 Å². The number of anilines is 1. The predicted molar refractivity (Wildman–Crippen MR) is 264 cm³/mol. The molecule has 5 amide bonds. The minimum Gasteiger partial charge on any atom is -0.497 e. The third-order valence-electron chi connectivity index (χ3n) is 10.2. The minimum atomic E-state index is -2.03. The summed E-state index contributed by atoms with van der Waals surface area (Å²) < 4.78 is 5.35. The molecule has 1 aromatic heterocycles. The number of primary amides is 1. The second-order valence-corrected chi connectivity index (χ2v) is 15.6. The first-order chi connectivity index (χ1) is 34.2. The number of fused-ring (bicyclic) bond motifs is 1. The zero-order valence-corrected chi connectivity index (χ0v) is 38.6. The summed E-state index contributed by atoms with van der Waals surface area (Å²) in [6, 6.07) is 31.2. The van der Waals surface area contributed by atoms with E-state index in [1.807, 2.05) is 30.3 Å². The van der Waals surface area contributed by atoms with Crippen molar-refractivity contribution in [1.29, 1.82) is 21.6 Å². The molecule has 0 aliphatic heterocycles. The van der Waals surface area contributed by atoms with Crippen molar-refractivity contribution in [3.05, 3.63) is 120 Å². The minimum absolute atomic E-state index is 0.0850. The maximum absolute atomic E-state index is 14.8. The lowest BCUT2D eigenvalue weighted by Crippen LogP contribution is -2.70. The molecule has 0 radical (unpaired) electrons. The van der Waals surface area contributed by atoms with E-state index in [-0.39, 0.29) is 12.4 Å². The van der Waals surface area contributed by atoms with E-state index < -0.39 is 89.9 Å². The average molecular weight is 990 g/mol. The highest BCUT2D eigenvalue weighted by Gasteiger charge is 2.39. The molecule has 1 heterocycles. The number of hydrogen-bond donors (Lipinski definition) is 19. The van der Waals surface area contributed by atoms with Crippen molar-refractivity contribution >= 4 is 70.1 Å². The number of aromatic nitrogens is 2. The van der Waals surface area contributed by atoms with E-state index in [1.54, 1.807) is 78.9 Å². The normalized spacial score (nSPS) is 13.7. The van der Waals surface area contributed by atoms with Crippen LogP contribution in [0, 0.1) is 21.6 Å². The van der Waals surface area contributed by atoms with Gasteiger partial charge >= 0.3 is 0 Å². The summed E-state index contributed by atoms with van der Waals surface area (Å²) in [5.74, 6) is -8.24. The third-order valence-corrected chi connectivity index (χ3v) is 10.2. The molecule has 0 fully saturated rings. The van der Waals surface area contributed by atoms with Gasteiger partial charge in [0, 0.05) is 17.5 Å². The van der Waals surface area contributed by atoms with Gasteiger partial charge in [-0.05, 0) is 42.3 Å². The van der Waals surface area contributed by atoms with Crippen LogP contribution in [-0.4, -0.2) is 106 Å². The number of nitrogens with one attached hydrogen (secondary N) is 13. The fourth-order valence-corrected chi connectivity index (χ4v) is 6.88. The van der Waals surface area contributed by atoms with Crippen molar-refractivity contribution in [3.63, 3.8) is 0 Å². The topological polar surface area (TPSA) is 478 Å². The number of carbonyl (C=O) groups is 5. The quantitative estimate of drug-likeness (QED) is 0.0180. The van der Waals surface area contributed by atoms with Gasteiger partial charge in [0.25, 0.3) is 29.5 Å². The summed E-state index contributed by atoms with van der Waals surface area (Å²) in [6.45, 7) is 1.35. The second-order valence-electron chi connectivity index (χ2n) is 15.6. The Labute approximate surface area is 410 Å². The van der Waals surface area contributed by atoms with Crippen LogP contribution in [0.15, 0.2) is 109 Å². The third kappa shape index (κ3) is 14.3. The number of para-hydroxylation sites is 1. The summed E-state index contributed by atoms with van der Waals surface area (Å²) in [5, 5.41) is 64.8. The fraction of sp³-hybridized carbons (Fsp3) is 0.205. The lowest BCUT2D eigenvalue weighted by molar-refractivity contribution is -0.135. The zero-order valence-electron chi connectivity index (χ0n) is 38.6. The van der Waals surface area contributed by atoms with E-state index in [2.05, 4.69) is 47.9 Å². The number of ether oxygens (including phenoxy) is 1. The number of rotatable bonds is 22. The molecule has 378 valence electrons. The number of benzene rings is 4. The zero-order chi connectivity index (χ0) is 52.7. The smallest absolute Gasteiger partial charge is 0.271 e. The molecule has 0 spiro atoms. The van der Waals surface area contributed by atoms with Crippen molar-refractivity contribution < 1.29 is 33.8 Å². The lowest BCUT2D eigenvalue weighted by atomic mass is 10.00. The molecule has 6 unspecified atom stereocenters. The average Bonchev–Trinajstić information content (AvgIpc) is 3.34. The monoisotopic (exact) mass is 989 g/mol. The van der Waals surface area contributed by atoms with E-state index in [0.717, 1.165) is 0 Å². The Morgan fingerprint density at radius 3 is 1.61 bits per heavy atom. The Morgan fingerprint density at radius 1 is 0.611 bits per heavy atom. The van der Waals surface area contributed by atoms with Gasteiger partial charge in [-0.3, -0.25) is 50.9 Å². The van der Waals surface area contributed by atoms with E-state index in [9.17, 15) is 29.1 Å². The molecule has 0 saturated heterocycles. The number of amides is 5. The maximum atomic E-state index is 14.8. The van der Waals surface area contributed by atoms with Crippen molar-refractivity contribution in [2.45, 2.75) is 50.0 Å². The van der Waals surface area contributed by atoms with Crippen molar-refractivity contribution in [1.82, 2.24) is 57.8 Å². The second kappa shape index (κ2) is 23.9. The molecule has 6 atom stereocenters. The van der Waals surface area contributed by atoms with E-state index >= 15 is 0 Å². The van der Waals surface area contributed by atoms with Gasteiger partial charge in [-0.2, -0.15) is 0 Å². The van der Waals surface area contributed by atoms with Crippen LogP contribution in [-0.2, 0) is 36.2 Å². The fourth-order valence-electron chi connectivity index (χ4n) is 6.88. The number of aliphatic hydroxyl groups excluding tert-OH is 1. The van der Waals surface area contributed by atoms with Crippen LogP contribution in [0.1, 0.15) is 18.1 Å². The molecule has 24 N–H and O–H groups in total. The van der Waals surface area contributed by atoms with E-state index in [1.165, 1.54) is 18.9 Å². The molecule has 28 heteroatoms. The molecule has 0 bridgehead atoms. The summed E-state index contributed by atoms with van der Waals surface area (Å²) in [4.78, 5) is 79.0. The van der Waals surface area contributed by atoms with E-state index in [0.29, 0.717) is 39.2 Å². The summed E-state index contributed by atoms with van der Waals surface area (Å²) in [7, 11) is 1.51. The van der Waals surface area contributed by atoms with Crippen LogP contribution in [0.3, 0.4) is 0 Å². The van der Waals surface area contributed by atoms with Crippen LogP contribution in [0.2, 0.25) is 0 Å². The standard InChI is InChI=1S/C44H55N21O7/c1-44(24-13-7-4-8-14-24,63-33(62-43(52)53)37(69)58-32(61-42(50)51)36(68)57-31(60-41(48)49)35(67)56-30(28(45)66)59-40(46)47)64-38(70)39(71)65(21-22-17-19-25(72-2)20-18-22)34-26-15-9-10-16-27(26)54-29(55-34)23-11-5-3-6-12-23/h3-20,30-33,39,63,71H,21H2,1-2H3,(H2,45,66)(H,56,67)(H,57,68)(H,58,69)(H,64,70)(H4,46,47,59)(H4,48,49,60)(H4,50,51,61)(H4,52,53,62). The molecular weight excluding hydrogens is 935 g/mol. The Bertz CT molecular complexity index is 2810. The van der Waals surface area contributed by atoms with E-state index in [4.69, 9.17) is 65.0 Å². The van der Waals surface area contributed by atoms with Crippen LogP contribution in [0.25, 0.3) is 22.3 Å². The number of guanidine groups is 4. The Hall–Kier alpha value is -9.83.